The molecule has 0 aliphatic carbocycles. The number of nitrogens with zero attached hydrogens (tertiary/aromatic N) is 4. The fourth-order valence-corrected chi connectivity index (χ4v) is 2.51. The summed E-state index contributed by atoms with van der Waals surface area (Å²) < 4.78 is 1.79. The SMILES string of the molecule is N[B-](N1[N+]=Cc2ccccc21)n1ncc2ccccc21. The minimum atomic E-state index is -0.463. The summed E-state index contributed by atoms with van der Waals surface area (Å²) >= 11 is 0. The van der Waals surface area contributed by atoms with Gasteiger partial charge in [-0.25, -0.2) is 5.10 Å². The molecule has 1 aromatic heterocycles. The largest absolute Gasteiger partial charge is 0.483 e. The molecule has 0 bridgehead atoms. The molecule has 2 N–H and O–H groups in total. The van der Waals surface area contributed by atoms with Gasteiger partial charge in [0, 0.05) is 10.9 Å². The normalized spacial score (nSPS) is 13.4. The summed E-state index contributed by atoms with van der Waals surface area (Å²) in [5.74, 6) is 0. The zero-order valence-electron chi connectivity index (χ0n) is 10.7. The average molecular weight is 261 g/mol. The van der Waals surface area contributed by atoms with E-state index in [2.05, 4.69) is 10.2 Å². The van der Waals surface area contributed by atoms with Crippen molar-refractivity contribution in [2.45, 2.75) is 0 Å². The molecule has 0 atom stereocenters. The van der Waals surface area contributed by atoms with Gasteiger partial charge in [-0.15, -0.1) is 0 Å². The molecular formula is C14H12BN5. The molecule has 20 heavy (non-hydrogen) atoms. The van der Waals surface area contributed by atoms with Gasteiger partial charge in [0.1, 0.15) is 5.10 Å². The second-order valence-corrected chi connectivity index (χ2v) is 4.71. The summed E-state index contributed by atoms with van der Waals surface area (Å²) in [6.45, 7) is 0. The zero-order chi connectivity index (χ0) is 13.5. The number of hydrogen-bond acceptors (Lipinski definition) is 4. The lowest BCUT2D eigenvalue weighted by atomic mass is 9.93. The first-order valence-corrected chi connectivity index (χ1v) is 6.45. The fourth-order valence-electron chi connectivity index (χ4n) is 2.51. The number of nitrogens with two attached hydrogens (primary N) is 1. The van der Waals surface area contributed by atoms with Crippen LogP contribution in [-0.2, 0) is 0 Å². The van der Waals surface area contributed by atoms with Crippen LogP contribution in [0.15, 0.2) is 54.7 Å². The summed E-state index contributed by atoms with van der Waals surface area (Å²) in [7, 11) is -0.463. The van der Waals surface area contributed by atoms with Gasteiger partial charge >= 0.3 is 0 Å². The second-order valence-electron chi connectivity index (χ2n) is 4.71. The molecule has 2 radical (unpaired) electrons. The molecule has 0 saturated carbocycles. The van der Waals surface area contributed by atoms with Crippen molar-refractivity contribution in [3.05, 3.63) is 60.3 Å². The van der Waals surface area contributed by atoms with Crippen molar-refractivity contribution in [1.29, 1.82) is 0 Å². The van der Waals surface area contributed by atoms with Crippen molar-refractivity contribution in [3.8, 4) is 0 Å². The first-order valence-electron chi connectivity index (χ1n) is 6.45. The highest BCUT2D eigenvalue weighted by Crippen LogP contribution is 2.22. The number of hydrogen-bond donors (Lipinski definition) is 1. The molecule has 4 rings (SSSR count). The van der Waals surface area contributed by atoms with Gasteiger partial charge in [-0.1, -0.05) is 30.3 Å². The number of rotatable bonds is 2. The molecule has 3 aromatic rings. The molecule has 1 aliphatic rings. The number of aromatic nitrogens is 2. The Morgan fingerprint density at radius 3 is 2.80 bits per heavy atom. The molecule has 0 unspecified atom stereocenters. The first kappa shape index (κ1) is 11.2. The van der Waals surface area contributed by atoms with Crippen LogP contribution in [0.25, 0.3) is 10.9 Å². The van der Waals surface area contributed by atoms with Gasteiger partial charge in [0.15, 0.2) is 0 Å². The van der Waals surface area contributed by atoms with Crippen LogP contribution in [0, 0.1) is 0 Å². The van der Waals surface area contributed by atoms with E-state index in [0.717, 1.165) is 22.2 Å². The van der Waals surface area contributed by atoms with Gasteiger partial charge in [0.05, 0.1) is 17.4 Å². The smallest absolute Gasteiger partial charge is 0.280 e. The average Bonchev–Trinajstić information content (AvgIpc) is 3.11. The molecule has 96 valence electrons. The maximum atomic E-state index is 6.34. The standard InChI is InChI=1S/C14H12BN5/c16-15(19-13-7-3-1-5-11(13)9-17-19)20-14-8-4-2-6-12(14)10-18-20/h1-10H,16H2. The van der Waals surface area contributed by atoms with E-state index in [4.69, 9.17) is 5.64 Å². The third-order valence-electron chi connectivity index (χ3n) is 3.51. The number of fused-ring (bicyclic) bond motifs is 2. The van der Waals surface area contributed by atoms with Crippen LogP contribution in [0.3, 0.4) is 0 Å². The Balaban J connectivity index is 1.79. The second kappa shape index (κ2) is 4.21. The van der Waals surface area contributed by atoms with Gasteiger partial charge < -0.3 is 10.2 Å². The number of benzene rings is 2. The van der Waals surface area contributed by atoms with Crippen molar-refractivity contribution in [1.82, 2.24) is 14.8 Å². The van der Waals surface area contributed by atoms with Crippen LogP contribution in [0.1, 0.15) is 5.56 Å². The van der Waals surface area contributed by atoms with Crippen molar-refractivity contribution in [2.24, 2.45) is 5.64 Å². The fraction of sp³-hybridized carbons (Fsp3) is 0. The Morgan fingerprint density at radius 2 is 1.85 bits per heavy atom. The van der Waals surface area contributed by atoms with E-state index in [1.807, 2.05) is 60.9 Å². The molecule has 1 aliphatic heterocycles. The van der Waals surface area contributed by atoms with Gasteiger partial charge in [0.25, 0.3) is 13.3 Å². The van der Waals surface area contributed by atoms with E-state index >= 15 is 0 Å². The Morgan fingerprint density at radius 1 is 1.05 bits per heavy atom. The van der Waals surface area contributed by atoms with Gasteiger partial charge in [-0.3, -0.25) is 4.92 Å². The van der Waals surface area contributed by atoms with Crippen molar-refractivity contribution in [3.63, 3.8) is 0 Å². The van der Waals surface area contributed by atoms with Gasteiger partial charge in [0.2, 0.25) is 0 Å². The lowest BCUT2D eigenvalue weighted by Gasteiger charge is -2.26. The maximum Gasteiger partial charge on any atom is 0.280 e. The van der Waals surface area contributed by atoms with Crippen molar-refractivity contribution >= 4 is 29.9 Å². The molecular weight excluding hydrogens is 249 g/mol. The lowest BCUT2D eigenvalue weighted by molar-refractivity contribution is 0.922. The monoisotopic (exact) mass is 261 g/mol. The summed E-state index contributed by atoms with van der Waals surface area (Å²) in [6, 6.07) is 16.0. The van der Waals surface area contributed by atoms with E-state index in [-0.39, 0.29) is 0 Å². The molecule has 0 spiro atoms. The van der Waals surface area contributed by atoms with Crippen molar-refractivity contribution in [2.75, 3.05) is 4.92 Å². The molecule has 2 aromatic carbocycles. The topological polar surface area (TPSA) is 61.2 Å². The van der Waals surface area contributed by atoms with Crippen LogP contribution in [0.5, 0.6) is 0 Å². The lowest BCUT2D eigenvalue weighted by Crippen LogP contribution is -2.53. The maximum absolute atomic E-state index is 6.34. The summed E-state index contributed by atoms with van der Waals surface area (Å²) in [4.78, 5) is 1.79. The summed E-state index contributed by atoms with van der Waals surface area (Å²) in [6.07, 6.45) is 3.64. The highest BCUT2D eigenvalue weighted by Gasteiger charge is 2.26. The van der Waals surface area contributed by atoms with Crippen LogP contribution in [0.2, 0.25) is 0 Å². The number of hydrazone groups is 1. The van der Waals surface area contributed by atoms with Crippen LogP contribution in [0.4, 0.5) is 5.69 Å². The predicted molar refractivity (Wildman–Crippen MR) is 81.3 cm³/mol. The van der Waals surface area contributed by atoms with Crippen LogP contribution in [-0.4, -0.2) is 23.0 Å². The van der Waals surface area contributed by atoms with E-state index in [1.54, 1.807) is 9.51 Å². The van der Waals surface area contributed by atoms with Crippen molar-refractivity contribution < 1.29 is 0 Å². The molecule has 0 amide bonds. The van der Waals surface area contributed by atoms with E-state index in [0.29, 0.717) is 0 Å². The van der Waals surface area contributed by atoms with E-state index in [9.17, 15) is 0 Å². The predicted octanol–water partition coefficient (Wildman–Crippen LogP) is 1.02. The molecule has 2 heterocycles. The molecule has 0 fully saturated rings. The third kappa shape index (κ3) is 1.55. The highest BCUT2D eigenvalue weighted by atomic mass is 15.5. The van der Waals surface area contributed by atoms with E-state index < -0.39 is 7.12 Å². The van der Waals surface area contributed by atoms with Gasteiger partial charge in [-0.05, 0) is 18.2 Å². The van der Waals surface area contributed by atoms with Crippen LogP contribution >= 0.6 is 0 Å². The summed E-state index contributed by atoms with van der Waals surface area (Å²) in [5, 5.41) is 9.85. The number of para-hydroxylation sites is 2. The Hall–Kier alpha value is -2.60. The van der Waals surface area contributed by atoms with Crippen LogP contribution < -0.4 is 15.7 Å². The highest BCUT2D eigenvalue weighted by molar-refractivity contribution is 6.59. The summed E-state index contributed by atoms with van der Waals surface area (Å²) in [5.41, 5.74) is 9.41. The third-order valence-corrected chi connectivity index (χ3v) is 3.51. The van der Waals surface area contributed by atoms with Gasteiger partial charge in [-0.2, -0.15) is 0 Å². The quantitative estimate of drug-likeness (QED) is 0.700. The first-order chi connectivity index (χ1) is 9.84. The van der Waals surface area contributed by atoms with E-state index in [1.165, 1.54) is 0 Å². The molecule has 5 nitrogen and oxygen atoms in total. The minimum Gasteiger partial charge on any atom is -0.483 e. The minimum absolute atomic E-state index is 0.463. The zero-order valence-corrected chi connectivity index (χ0v) is 10.7. The Labute approximate surface area is 116 Å². The molecule has 6 heteroatoms. The molecule has 0 saturated heterocycles. The Kier molecular flexibility index (Phi) is 2.37. The number of anilines is 1. The Bertz CT molecular complexity index is 810.